The number of halogens is 1. The van der Waals surface area contributed by atoms with E-state index >= 15 is 0 Å². The standard InChI is InChI=1S/C33H40FN5O3/c1-4-41-29-35-16-24(17-36-29)23-6-5-7-25(14-23)39(26(40)15-31-18-33(34,19-31)20-31)21-30-8-11-32(12-9-30,13-10-30)28-37-27(22(2)3)38-42-28/h5-7,14,16-17,22H,4,8-13,15,18-21H2,1-3H3. The summed E-state index contributed by atoms with van der Waals surface area (Å²) < 4.78 is 25.6. The number of aromatic nitrogens is 4. The lowest BCUT2D eigenvalue weighted by atomic mass is 9.41. The summed E-state index contributed by atoms with van der Waals surface area (Å²) in [4.78, 5) is 29.5. The zero-order valence-corrected chi connectivity index (χ0v) is 24.9. The second-order valence-electron chi connectivity index (χ2n) is 14.0. The molecule has 9 rings (SSSR count). The second kappa shape index (κ2) is 9.85. The molecule has 1 amide bonds. The highest BCUT2D eigenvalue weighted by Crippen LogP contribution is 2.71. The molecule has 2 heterocycles. The van der Waals surface area contributed by atoms with Gasteiger partial charge in [-0.05, 0) is 93.2 Å². The highest BCUT2D eigenvalue weighted by atomic mass is 19.1. The molecule has 6 aliphatic rings. The number of nitrogens with zero attached hydrogens (tertiary/aromatic N) is 5. The molecule has 1 aromatic carbocycles. The van der Waals surface area contributed by atoms with Crippen molar-refractivity contribution in [2.75, 3.05) is 18.1 Å². The Morgan fingerprint density at radius 2 is 1.71 bits per heavy atom. The average molecular weight is 574 g/mol. The first-order valence-electron chi connectivity index (χ1n) is 15.5. The summed E-state index contributed by atoms with van der Waals surface area (Å²) in [5.41, 5.74) is 1.51. The zero-order valence-electron chi connectivity index (χ0n) is 24.9. The lowest BCUT2D eigenvalue weighted by molar-refractivity contribution is -0.215. The summed E-state index contributed by atoms with van der Waals surface area (Å²) in [6.07, 6.45) is 11.5. The number of anilines is 1. The van der Waals surface area contributed by atoms with Crippen molar-refractivity contribution < 1.29 is 18.4 Å². The van der Waals surface area contributed by atoms with Gasteiger partial charge >= 0.3 is 6.01 Å². The van der Waals surface area contributed by atoms with Crippen molar-refractivity contribution in [3.63, 3.8) is 0 Å². The Morgan fingerprint density at radius 3 is 2.31 bits per heavy atom. The molecule has 8 nitrogen and oxygen atoms in total. The van der Waals surface area contributed by atoms with Crippen molar-refractivity contribution in [3.8, 4) is 17.1 Å². The second-order valence-corrected chi connectivity index (χ2v) is 14.0. The molecule has 0 aliphatic heterocycles. The molecule has 6 aliphatic carbocycles. The third-order valence-corrected chi connectivity index (χ3v) is 10.6. The minimum atomic E-state index is -1.02. The van der Waals surface area contributed by atoms with E-state index in [1.807, 2.05) is 30.0 Å². The molecule has 6 fully saturated rings. The topological polar surface area (TPSA) is 94.2 Å². The molecule has 222 valence electrons. The van der Waals surface area contributed by atoms with E-state index in [1.165, 1.54) is 0 Å². The van der Waals surface area contributed by atoms with Crippen molar-refractivity contribution in [1.82, 2.24) is 20.1 Å². The highest BCUT2D eigenvalue weighted by Gasteiger charge is 2.69. The third kappa shape index (κ3) is 4.69. The summed E-state index contributed by atoms with van der Waals surface area (Å²) in [6.45, 7) is 7.25. The minimum Gasteiger partial charge on any atom is -0.464 e. The molecule has 9 heteroatoms. The van der Waals surface area contributed by atoms with Gasteiger partial charge in [0, 0.05) is 47.9 Å². The minimum absolute atomic E-state index is 0.0390. The number of benzene rings is 1. The van der Waals surface area contributed by atoms with E-state index in [4.69, 9.17) is 14.2 Å². The summed E-state index contributed by atoms with van der Waals surface area (Å²) in [6, 6.07) is 8.44. The molecule has 42 heavy (non-hydrogen) atoms. The number of ether oxygens (including phenoxy) is 1. The molecule has 0 N–H and O–H groups in total. The van der Waals surface area contributed by atoms with Crippen LogP contribution in [0.15, 0.2) is 41.2 Å². The Bertz CT molecular complexity index is 1440. The summed E-state index contributed by atoms with van der Waals surface area (Å²) in [7, 11) is 0. The van der Waals surface area contributed by atoms with E-state index < -0.39 is 5.67 Å². The van der Waals surface area contributed by atoms with E-state index in [0.29, 0.717) is 44.8 Å². The SMILES string of the molecule is CCOc1ncc(-c2cccc(N(CC34CCC(c5nc(C(C)C)no5)(CC3)CC4)C(=O)CC34CC(F)(C3)C4)c2)cn1. The van der Waals surface area contributed by atoms with Crippen molar-refractivity contribution >= 4 is 11.6 Å². The number of amides is 1. The van der Waals surface area contributed by atoms with Gasteiger partial charge in [-0.2, -0.15) is 4.98 Å². The maximum Gasteiger partial charge on any atom is 0.316 e. The molecule has 0 saturated heterocycles. The Labute approximate surface area is 246 Å². The van der Waals surface area contributed by atoms with E-state index in [1.54, 1.807) is 12.4 Å². The van der Waals surface area contributed by atoms with E-state index in [9.17, 15) is 9.18 Å². The molecule has 0 spiro atoms. The smallest absolute Gasteiger partial charge is 0.316 e. The molecule has 4 bridgehead atoms. The number of fused-ring (bicyclic) bond motifs is 3. The van der Waals surface area contributed by atoms with Crippen LogP contribution in [0.3, 0.4) is 0 Å². The lowest BCUT2D eigenvalue weighted by Crippen LogP contribution is -2.65. The van der Waals surface area contributed by atoms with Crippen molar-refractivity contribution in [2.45, 2.75) is 102 Å². The molecule has 2 aromatic heterocycles. The van der Waals surface area contributed by atoms with Gasteiger partial charge in [0.2, 0.25) is 11.8 Å². The van der Waals surface area contributed by atoms with Gasteiger partial charge in [0.1, 0.15) is 5.67 Å². The Hall–Kier alpha value is -3.36. The molecule has 3 aromatic rings. The summed E-state index contributed by atoms with van der Waals surface area (Å²) in [5, 5.41) is 4.25. The van der Waals surface area contributed by atoms with Crippen LogP contribution in [0.2, 0.25) is 0 Å². The predicted octanol–water partition coefficient (Wildman–Crippen LogP) is 6.96. The quantitative estimate of drug-likeness (QED) is 0.259. The van der Waals surface area contributed by atoms with Gasteiger partial charge in [0.25, 0.3) is 0 Å². The maximum absolute atomic E-state index is 14.4. The van der Waals surface area contributed by atoms with Gasteiger partial charge in [0.05, 0.1) is 6.61 Å². The van der Waals surface area contributed by atoms with Crippen LogP contribution in [0.5, 0.6) is 6.01 Å². The lowest BCUT2D eigenvalue weighted by Gasteiger charge is -2.66. The van der Waals surface area contributed by atoms with Crippen LogP contribution in [0.4, 0.5) is 10.1 Å². The van der Waals surface area contributed by atoms with Crippen LogP contribution in [0.1, 0.15) is 103 Å². The van der Waals surface area contributed by atoms with Crippen LogP contribution in [-0.2, 0) is 10.2 Å². The van der Waals surface area contributed by atoms with Gasteiger partial charge in [-0.15, -0.1) is 0 Å². The van der Waals surface area contributed by atoms with Crippen LogP contribution in [-0.4, -0.2) is 44.8 Å². The van der Waals surface area contributed by atoms with Gasteiger partial charge in [-0.3, -0.25) is 4.79 Å². The largest absolute Gasteiger partial charge is 0.464 e. The molecule has 0 radical (unpaired) electrons. The molecular formula is C33H40FN5O3. The van der Waals surface area contributed by atoms with Crippen LogP contribution in [0.25, 0.3) is 11.1 Å². The van der Waals surface area contributed by atoms with Gasteiger partial charge in [-0.25, -0.2) is 14.4 Å². The van der Waals surface area contributed by atoms with Gasteiger partial charge < -0.3 is 14.2 Å². The first-order chi connectivity index (χ1) is 20.1. The number of rotatable bonds is 10. The fourth-order valence-corrected chi connectivity index (χ4v) is 8.15. The average Bonchev–Trinajstić information content (AvgIpc) is 3.48. The number of carbonyl (C=O) groups is 1. The van der Waals surface area contributed by atoms with Crippen LogP contribution >= 0.6 is 0 Å². The van der Waals surface area contributed by atoms with E-state index in [0.717, 1.165) is 67.1 Å². The van der Waals surface area contributed by atoms with Crippen molar-refractivity contribution in [1.29, 1.82) is 0 Å². The highest BCUT2D eigenvalue weighted by molar-refractivity contribution is 5.95. The first kappa shape index (κ1) is 27.5. The van der Waals surface area contributed by atoms with Crippen LogP contribution < -0.4 is 9.64 Å². The van der Waals surface area contributed by atoms with E-state index in [2.05, 4.69) is 35.0 Å². The maximum atomic E-state index is 14.4. The fourth-order valence-electron chi connectivity index (χ4n) is 8.15. The van der Waals surface area contributed by atoms with Crippen LogP contribution in [0, 0.1) is 10.8 Å². The predicted molar refractivity (Wildman–Crippen MR) is 156 cm³/mol. The summed E-state index contributed by atoms with van der Waals surface area (Å²) >= 11 is 0. The zero-order chi connectivity index (χ0) is 29.2. The summed E-state index contributed by atoms with van der Waals surface area (Å²) in [5.74, 6) is 1.91. The van der Waals surface area contributed by atoms with Gasteiger partial charge in [0.15, 0.2) is 5.82 Å². The van der Waals surface area contributed by atoms with Gasteiger partial charge in [-0.1, -0.05) is 31.1 Å². The fraction of sp³-hybridized carbons (Fsp3) is 0.606. The van der Waals surface area contributed by atoms with Crippen molar-refractivity contribution in [2.24, 2.45) is 10.8 Å². The number of alkyl halides is 1. The number of hydrogen-bond acceptors (Lipinski definition) is 7. The molecule has 0 unspecified atom stereocenters. The van der Waals surface area contributed by atoms with E-state index in [-0.39, 0.29) is 28.1 Å². The monoisotopic (exact) mass is 573 g/mol. The Balaban J connectivity index is 1.13. The molecule has 6 saturated carbocycles. The first-order valence-corrected chi connectivity index (χ1v) is 15.5. The number of hydrogen-bond donors (Lipinski definition) is 0. The Kier molecular flexibility index (Phi) is 6.44. The van der Waals surface area contributed by atoms with Crippen molar-refractivity contribution in [3.05, 3.63) is 48.4 Å². The molecular weight excluding hydrogens is 533 g/mol. The molecule has 0 atom stereocenters. The normalized spacial score (nSPS) is 31.0. The third-order valence-electron chi connectivity index (χ3n) is 10.6. The Morgan fingerprint density at radius 1 is 1.02 bits per heavy atom. The number of carbonyl (C=O) groups excluding carboxylic acids is 1.